The summed E-state index contributed by atoms with van der Waals surface area (Å²) in [6.07, 6.45) is 5.77. The molecule has 4 nitrogen and oxygen atoms in total. The van der Waals surface area contributed by atoms with Gasteiger partial charge in [0, 0.05) is 18.2 Å². The van der Waals surface area contributed by atoms with Crippen molar-refractivity contribution < 1.29 is 4.42 Å². The molecular formula is C17H25N3O. The fourth-order valence-electron chi connectivity index (χ4n) is 3.21. The first-order valence-corrected chi connectivity index (χ1v) is 7.96. The van der Waals surface area contributed by atoms with Gasteiger partial charge in [-0.15, -0.1) is 0 Å². The molecule has 0 bridgehead atoms. The van der Waals surface area contributed by atoms with Crippen LogP contribution in [0.5, 0.6) is 0 Å². The van der Waals surface area contributed by atoms with Gasteiger partial charge in [0.25, 0.3) is 0 Å². The zero-order valence-electron chi connectivity index (χ0n) is 13.1. The average Bonchev–Trinajstić information content (AvgIpc) is 3.08. The number of aromatic amines is 1. The summed E-state index contributed by atoms with van der Waals surface area (Å²) >= 11 is 0. The summed E-state index contributed by atoms with van der Waals surface area (Å²) in [7, 11) is 0. The molecule has 4 heteroatoms. The van der Waals surface area contributed by atoms with Crippen LogP contribution < -0.4 is 5.32 Å². The van der Waals surface area contributed by atoms with Crippen LogP contribution in [0.15, 0.2) is 22.7 Å². The first-order chi connectivity index (χ1) is 10.1. The van der Waals surface area contributed by atoms with Crippen molar-refractivity contribution in [1.29, 1.82) is 0 Å². The van der Waals surface area contributed by atoms with Crippen molar-refractivity contribution in [3.63, 3.8) is 0 Å². The van der Waals surface area contributed by atoms with Crippen LogP contribution in [0.1, 0.15) is 44.4 Å². The van der Waals surface area contributed by atoms with Crippen molar-refractivity contribution in [2.24, 2.45) is 11.8 Å². The average molecular weight is 287 g/mol. The fraction of sp³-hybridized carbons (Fsp3) is 0.588. The molecule has 114 valence electrons. The third-order valence-electron chi connectivity index (χ3n) is 4.88. The molecule has 0 aliphatic heterocycles. The molecule has 1 fully saturated rings. The van der Waals surface area contributed by atoms with Crippen LogP contribution in [0.2, 0.25) is 0 Å². The Balaban J connectivity index is 1.63. The fourth-order valence-corrected chi connectivity index (χ4v) is 3.21. The van der Waals surface area contributed by atoms with Gasteiger partial charge >= 0.3 is 0 Å². The normalized spacial score (nSPS) is 26.1. The standard InChI is InChI=1S/C17H25N3O/c1-11-4-6-15(8-12(11)2)18-9-14-10-19-20-17(14)16-7-5-13(3)21-16/h5,7,10-12,15,18H,4,6,8-9H2,1-3H3,(H,19,20). The van der Waals surface area contributed by atoms with Crippen LogP contribution in [0.25, 0.3) is 11.5 Å². The summed E-state index contributed by atoms with van der Waals surface area (Å²) < 4.78 is 5.69. The highest BCUT2D eigenvalue weighted by Gasteiger charge is 2.24. The van der Waals surface area contributed by atoms with Crippen molar-refractivity contribution in [3.8, 4) is 11.5 Å². The van der Waals surface area contributed by atoms with Gasteiger partial charge < -0.3 is 9.73 Å². The maximum atomic E-state index is 5.69. The van der Waals surface area contributed by atoms with Crippen molar-refractivity contribution in [3.05, 3.63) is 29.7 Å². The Morgan fingerprint density at radius 3 is 2.86 bits per heavy atom. The number of aromatic nitrogens is 2. The van der Waals surface area contributed by atoms with E-state index in [2.05, 4.69) is 29.4 Å². The van der Waals surface area contributed by atoms with Crippen LogP contribution >= 0.6 is 0 Å². The number of hydrogen-bond donors (Lipinski definition) is 2. The lowest BCUT2D eigenvalue weighted by Gasteiger charge is -2.32. The summed E-state index contributed by atoms with van der Waals surface area (Å²) in [5.74, 6) is 3.47. The van der Waals surface area contributed by atoms with E-state index in [0.717, 1.165) is 35.6 Å². The van der Waals surface area contributed by atoms with Gasteiger partial charge in [0.2, 0.25) is 0 Å². The van der Waals surface area contributed by atoms with Gasteiger partial charge in [-0.3, -0.25) is 5.10 Å². The monoisotopic (exact) mass is 287 g/mol. The predicted molar refractivity (Wildman–Crippen MR) is 83.8 cm³/mol. The molecule has 0 spiro atoms. The van der Waals surface area contributed by atoms with Crippen LogP contribution in [-0.4, -0.2) is 16.2 Å². The molecule has 0 aromatic carbocycles. The third kappa shape index (κ3) is 3.21. The molecule has 3 atom stereocenters. The van der Waals surface area contributed by atoms with E-state index in [4.69, 9.17) is 4.42 Å². The number of hydrogen-bond acceptors (Lipinski definition) is 3. The van der Waals surface area contributed by atoms with Crippen molar-refractivity contribution in [2.75, 3.05) is 0 Å². The zero-order chi connectivity index (χ0) is 14.8. The number of H-pyrrole nitrogens is 1. The molecule has 2 aromatic heterocycles. The molecule has 0 saturated heterocycles. The summed E-state index contributed by atoms with van der Waals surface area (Å²) in [5, 5.41) is 10.9. The molecule has 1 saturated carbocycles. The summed E-state index contributed by atoms with van der Waals surface area (Å²) in [6, 6.07) is 4.60. The number of aryl methyl sites for hydroxylation is 1. The molecule has 1 aliphatic rings. The minimum Gasteiger partial charge on any atom is -0.460 e. The molecule has 21 heavy (non-hydrogen) atoms. The lowest BCUT2D eigenvalue weighted by atomic mass is 9.79. The van der Waals surface area contributed by atoms with E-state index in [0.29, 0.717) is 6.04 Å². The number of furan rings is 1. The highest BCUT2D eigenvalue weighted by molar-refractivity contribution is 5.56. The van der Waals surface area contributed by atoms with Crippen molar-refractivity contribution in [2.45, 2.75) is 52.6 Å². The summed E-state index contributed by atoms with van der Waals surface area (Å²) in [5.41, 5.74) is 2.17. The Labute approximate surface area is 126 Å². The molecule has 0 radical (unpaired) electrons. The van der Waals surface area contributed by atoms with Crippen LogP contribution in [0, 0.1) is 18.8 Å². The highest BCUT2D eigenvalue weighted by Crippen LogP contribution is 2.30. The van der Waals surface area contributed by atoms with E-state index < -0.39 is 0 Å². The van der Waals surface area contributed by atoms with E-state index >= 15 is 0 Å². The van der Waals surface area contributed by atoms with E-state index in [1.807, 2.05) is 25.3 Å². The summed E-state index contributed by atoms with van der Waals surface area (Å²) in [4.78, 5) is 0. The van der Waals surface area contributed by atoms with Gasteiger partial charge in [-0.05, 0) is 50.2 Å². The lowest BCUT2D eigenvalue weighted by Crippen LogP contribution is -2.35. The lowest BCUT2D eigenvalue weighted by molar-refractivity contribution is 0.225. The molecule has 2 heterocycles. The van der Waals surface area contributed by atoms with Crippen LogP contribution in [0.3, 0.4) is 0 Å². The first kappa shape index (κ1) is 14.4. The Kier molecular flexibility index (Phi) is 4.15. The van der Waals surface area contributed by atoms with Crippen molar-refractivity contribution >= 4 is 0 Å². The van der Waals surface area contributed by atoms with Gasteiger partial charge in [-0.2, -0.15) is 5.10 Å². The molecule has 0 amide bonds. The molecule has 3 unspecified atom stereocenters. The molecule has 2 aromatic rings. The Morgan fingerprint density at radius 2 is 2.14 bits per heavy atom. The van der Waals surface area contributed by atoms with Crippen LogP contribution in [0.4, 0.5) is 0 Å². The van der Waals surface area contributed by atoms with E-state index in [-0.39, 0.29) is 0 Å². The number of nitrogens with one attached hydrogen (secondary N) is 2. The molecule has 2 N–H and O–H groups in total. The van der Waals surface area contributed by atoms with Gasteiger partial charge in [0.05, 0.1) is 6.20 Å². The van der Waals surface area contributed by atoms with Crippen molar-refractivity contribution in [1.82, 2.24) is 15.5 Å². The first-order valence-electron chi connectivity index (χ1n) is 7.96. The quantitative estimate of drug-likeness (QED) is 0.897. The number of rotatable bonds is 4. The second-order valence-electron chi connectivity index (χ2n) is 6.53. The maximum Gasteiger partial charge on any atom is 0.152 e. The minimum atomic E-state index is 0.622. The van der Waals surface area contributed by atoms with Crippen LogP contribution in [-0.2, 0) is 6.54 Å². The van der Waals surface area contributed by atoms with Gasteiger partial charge in [-0.25, -0.2) is 0 Å². The van der Waals surface area contributed by atoms with Gasteiger partial charge in [0.1, 0.15) is 11.5 Å². The highest BCUT2D eigenvalue weighted by atomic mass is 16.3. The van der Waals surface area contributed by atoms with E-state index in [1.54, 1.807) is 0 Å². The maximum absolute atomic E-state index is 5.69. The SMILES string of the molecule is Cc1ccc(-c2[nH]ncc2CNC2CCC(C)C(C)C2)o1. The second-order valence-corrected chi connectivity index (χ2v) is 6.53. The largest absolute Gasteiger partial charge is 0.460 e. The predicted octanol–water partition coefficient (Wildman–Crippen LogP) is 3.89. The smallest absolute Gasteiger partial charge is 0.152 e. The Morgan fingerprint density at radius 1 is 1.29 bits per heavy atom. The molecule has 1 aliphatic carbocycles. The topological polar surface area (TPSA) is 53.9 Å². The minimum absolute atomic E-state index is 0.622. The summed E-state index contributed by atoms with van der Waals surface area (Å²) in [6.45, 7) is 7.54. The van der Waals surface area contributed by atoms with E-state index in [1.165, 1.54) is 24.8 Å². The molecule has 3 rings (SSSR count). The Bertz CT molecular complexity index is 586. The zero-order valence-corrected chi connectivity index (χ0v) is 13.1. The third-order valence-corrected chi connectivity index (χ3v) is 4.88. The number of nitrogens with zero attached hydrogens (tertiary/aromatic N) is 1. The van der Waals surface area contributed by atoms with Gasteiger partial charge in [-0.1, -0.05) is 13.8 Å². The van der Waals surface area contributed by atoms with E-state index in [9.17, 15) is 0 Å². The molecular weight excluding hydrogens is 262 g/mol. The van der Waals surface area contributed by atoms with Gasteiger partial charge in [0.15, 0.2) is 5.76 Å². The second kappa shape index (κ2) is 6.06. The Hall–Kier alpha value is -1.55.